The van der Waals surface area contributed by atoms with E-state index in [4.69, 9.17) is 20.3 Å². The van der Waals surface area contributed by atoms with Crippen LogP contribution in [0, 0.1) is 17.8 Å². The first-order valence-electron chi connectivity index (χ1n) is 10.0. The number of benzene rings is 1. The number of carboxylic acids is 1. The fourth-order valence-electron chi connectivity index (χ4n) is 2.61. The van der Waals surface area contributed by atoms with Crippen molar-refractivity contribution in [1.82, 2.24) is 0 Å². The molecule has 0 aliphatic heterocycles. The van der Waals surface area contributed by atoms with Gasteiger partial charge in [-0.3, -0.25) is 5.73 Å². The summed E-state index contributed by atoms with van der Waals surface area (Å²) < 4.78 is 10.7. The average molecular weight is 442 g/mol. The van der Waals surface area contributed by atoms with Crippen LogP contribution in [0.5, 0.6) is 5.75 Å². The number of thiophene rings is 1. The molecule has 1 heterocycles. The lowest BCUT2D eigenvalue weighted by atomic mass is 10.0. The molecule has 2 atom stereocenters. The van der Waals surface area contributed by atoms with E-state index < -0.39 is 18.2 Å². The highest BCUT2D eigenvalue weighted by molar-refractivity contribution is 7.12. The fourth-order valence-corrected chi connectivity index (χ4v) is 3.50. The predicted octanol–water partition coefficient (Wildman–Crippen LogP) is 3.78. The highest BCUT2D eigenvalue weighted by Gasteiger charge is 2.16. The number of nitrogens with two attached hydrogens (primary N) is 1. The summed E-state index contributed by atoms with van der Waals surface area (Å²) in [7, 11) is 0. The molecule has 0 aliphatic carbocycles. The molecule has 0 amide bonds. The van der Waals surface area contributed by atoms with E-state index in [0.29, 0.717) is 6.61 Å². The summed E-state index contributed by atoms with van der Waals surface area (Å²) >= 11 is 1.61. The van der Waals surface area contributed by atoms with E-state index in [0.717, 1.165) is 46.9 Å². The average Bonchev–Trinajstić information content (AvgIpc) is 3.21. The number of esters is 1. The largest absolute Gasteiger partial charge is 0.481 e. The molecule has 0 aliphatic rings. The monoisotopic (exact) mass is 441 g/mol. The zero-order chi connectivity index (χ0) is 22.6. The normalized spacial score (nSPS) is 12.6. The Bertz CT molecular complexity index is 952. The van der Waals surface area contributed by atoms with E-state index in [1.165, 1.54) is 5.56 Å². The number of rotatable bonds is 10. The molecule has 0 spiro atoms. The minimum absolute atomic E-state index is 0.0775. The van der Waals surface area contributed by atoms with Gasteiger partial charge in [-0.2, -0.15) is 0 Å². The van der Waals surface area contributed by atoms with E-state index in [1.807, 2.05) is 31.2 Å². The Morgan fingerprint density at radius 2 is 1.94 bits per heavy atom. The second-order valence-corrected chi connectivity index (χ2v) is 8.11. The number of aryl methyl sites for hydroxylation is 2. The molecule has 0 saturated carbocycles. The highest BCUT2D eigenvalue weighted by Crippen LogP contribution is 2.20. The number of hydrogen-bond acceptors (Lipinski definition) is 6. The van der Waals surface area contributed by atoms with E-state index in [9.17, 15) is 9.59 Å². The number of carboxylic acid groups (broad SMARTS) is 1. The standard InChI is InChI=1S/C24H27NO5S/c1-3-18-7-9-19(10-8-18)29-16-4-5-20-12-13-21(31-20)11-6-17(2)24(25)30-23(28)15-14-22(26)27/h7-10,12-15,17,24H,3,6,11,16,25H2,1-2H3,(H,26,27)/t17-,24?/m1/s1. The third kappa shape index (κ3) is 9.08. The first-order valence-corrected chi connectivity index (χ1v) is 10.9. The molecule has 1 aromatic heterocycles. The van der Waals surface area contributed by atoms with Crippen LogP contribution in [-0.2, 0) is 27.2 Å². The molecule has 2 aromatic rings. The number of ether oxygens (including phenoxy) is 2. The third-order valence-electron chi connectivity index (χ3n) is 4.54. The van der Waals surface area contributed by atoms with Crippen LogP contribution in [0.2, 0.25) is 0 Å². The lowest BCUT2D eigenvalue weighted by Crippen LogP contribution is -2.33. The second-order valence-electron chi connectivity index (χ2n) is 6.94. The Balaban J connectivity index is 1.75. The third-order valence-corrected chi connectivity index (χ3v) is 5.60. The van der Waals surface area contributed by atoms with Gasteiger partial charge in [0, 0.05) is 22.9 Å². The van der Waals surface area contributed by atoms with Gasteiger partial charge in [-0.05, 0) is 49.1 Å². The van der Waals surface area contributed by atoms with Crippen molar-refractivity contribution in [2.75, 3.05) is 6.61 Å². The van der Waals surface area contributed by atoms with Gasteiger partial charge < -0.3 is 14.6 Å². The maximum absolute atomic E-state index is 11.5. The molecule has 2 rings (SSSR count). The van der Waals surface area contributed by atoms with Gasteiger partial charge in [0.25, 0.3) is 0 Å². The van der Waals surface area contributed by atoms with Crippen molar-refractivity contribution in [3.8, 4) is 17.6 Å². The minimum Gasteiger partial charge on any atom is -0.481 e. The van der Waals surface area contributed by atoms with Gasteiger partial charge in [-0.25, -0.2) is 9.59 Å². The molecule has 0 fully saturated rings. The Labute approximate surface area is 186 Å². The van der Waals surface area contributed by atoms with Crippen LogP contribution in [0.15, 0.2) is 48.6 Å². The summed E-state index contributed by atoms with van der Waals surface area (Å²) in [5.41, 5.74) is 7.15. The highest BCUT2D eigenvalue weighted by atomic mass is 32.1. The Morgan fingerprint density at radius 3 is 2.61 bits per heavy atom. The lowest BCUT2D eigenvalue weighted by Gasteiger charge is -2.19. The topological polar surface area (TPSA) is 98.9 Å². The van der Waals surface area contributed by atoms with E-state index in [1.54, 1.807) is 11.3 Å². The molecule has 7 heteroatoms. The Morgan fingerprint density at radius 1 is 1.19 bits per heavy atom. The van der Waals surface area contributed by atoms with Crippen molar-refractivity contribution < 1.29 is 24.2 Å². The van der Waals surface area contributed by atoms with Crippen molar-refractivity contribution in [2.24, 2.45) is 11.7 Å². The summed E-state index contributed by atoms with van der Waals surface area (Å²) in [6.45, 7) is 4.33. The summed E-state index contributed by atoms with van der Waals surface area (Å²) in [5.74, 6) is 4.89. The number of hydrogen-bond donors (Lipinski definition) is 2. The zero-order valence-corrected chi connectivity index (χ0v) is 18.5. The molecule has 31 heavy (non-hydrogen) atoms. The molecule has 1 unspecified atom stereocenters. The van der Waals surface area contributed by atoms with Gasteiger partial charge in [0.2, 0.25) is 0 Å². The smallest absolute Gasteiger partial charge is 0.332 e. The molecular weight excluding hydrogens is 414 g/mol. The Hall–Kier alpha value is -3.08. The number of aliphatic carboxylic acids is 1. The SMILES string of the molecule is CCc1ccc(OCC#Cc2ccc(CC[C@@H](C)C(N)OC(=O)C=CC(=O)O)s2)cc1. The maximum atomic E-state index is 11.5. The van der Waals surface area contributed by atoms with Crippen LogP contribution in [0.1, 0.15) is 35.6 Å². The van der Waals surface area contributed by atoms with Gasteiger partial charge in [0.05, 0.1) is 4.88 Å². The first kappa shape index (κ1) is 24.2. The van der Waals surface area contributed by atoms with E-state index in [-0.39, 0.29) is 5.92 Å². The number of carbonyl (C=O) groups is 2. The molecule has 164 valence electrons. The van der Waals surface area contributed by atoms with Crippen LogP contribution in [0.4, 0.5) is 0 Å². The van der Waals surface area contributed by atoms with Crippen molar-refractivity contribution in [2.45, 2.75) is 39.3 Å². The van der Waals surface area contributed by atoms with Crippen LogP contribution in [0.3, 0.4) is 0 Å². The lowest BCUT2D eigenvalue weighted by molar-refractivity contribution is -0.145. The minimum atomic E-state index is -1.22. The molecule has 0 saturated heterocycles. The fraction of sp³-hybridized carbons (Fsp3) is 0.333. The number of carbonyl (C=O) groups excluding carboxylic acids is 1. The van der Waals surface area contributed by atoms with E-state index in [2.05, 4.69) is 30.9 Å². The summed E-state index contributed by atoms with van der Waals surface area (Å²) in [6, 6.07) is 12.0. The zero-order valence-electron chi connectivity index (χ0n) is 17.7. The van der Waals surface area contributed by atoms with Gasteiger partial charge in [-0.1, -0.05) is 37.8 Å². The maximum Gasteiger partial charge on any atom is 0.332 e. The van der Waals surface area contributed by atoms with Gasteiger partial charge in [0.1, 0.15) is 12.4 Å². The van der Waals surface area contributed by atoms with Crippen LogP contribution in [-0.4, -0.2) is 29.9 Å². The Kier molecular flexibility index (Phi) is 9.82. The van der Waals surface area contributed by atoms with Gasteiger partial charge in [-0.15, -0.1) is 11.3 Å². The molecule has 1 aromatic carbocycles. The molecule has 0 bridgehead atoms. The molecule has 3 N–H and O–H groups in total. The van der Waals surface area contributed by atoms with Crippen LogP contribution >= 0.6 is 11.3 Å². The quantitative estimate of drug-likeness (QED) is 0.252. The molecular formula is C24H27NO5S. The van der Waals surface area contributed by atoms with Crippen molar-refractivity contribution >= 4 is 23.3 Å². The van der Waals surface area contributed by atoms with Crippen LogP contribution < -0.4 is 10.5 Å². The predicted molar refractivity (Wildman–Crippen MR) is 121 cm³/mol. The summed E-state index contributed by atoms with van der Waals surface area (Å²) in [4.78, 5) is 24.0. The van der Waals surface area contributed by atoms with Crippen molar-refractivity contribution in [1.29, 1.82) is 0 Å². The first-order chi connectivity index (χ1) is 14.9. The van der Waals surface area contributed by atoms with Gasteiger partial charge >= 0.3 is 11.9 Å². The second kappa shape index (κ2) is 12.6. The van der Waals surface area contributed by atoms with Crippen molar-refractivity contribution in [3.05, 3.63) is 63.9 Å². The molecule has 6 nitrogen and oxygen atoms in total. The van der Waals surface area contributed by atoms with Gasteiger partial charge in [0.15, 0.2) is 6.23 Å². The van der Waals surface area contributed by atoms with E-state index >= 15 is 0 Å². The summed E-state index contributed by atoms with van der Waals surface area (Å²) in [5, 5.41) is 8.51. The van der Waals surface area contributed by atoms with Crippen molar-refractivity contribution in [3.63, 3.8) is 0 Å². The molecule has 0 radical (unpaired) electrons. The van der Waals surface area contributed by atoms with Crippen LogP contribution in [0.25, 0.3) is 0 Å². The summed E-state index contributed by atoms with van der Waals surface area (Å²) in [6.07, 6.45) is 3.28.